The molecule has 13 aromatic rings. The molecule has 0 aliphatic rings. The molecule has 0 aliphatic carbocycles. The number of aromatic nitrogens is 5. The summed E-state index contributed by atoms with van der Waals surface area (Å²) in [6.07, 6.45) is 3.54. The summed E-state index contributed by atoms with van der Waals surface area (Å²) in [5, 5.41) is 6.86. The van der Waals surface area contributed by atoms with Crippen molar-refractivity contribution in [2.45, 2.75) is 0 Å². The van der Waals surface area contributed by atoms with E-state index in [0.29, 0.717) is 28.6 Å². The van der Waals surface area contributed by atoms with Crippen LogP contribution in [0.2, 0.25) is 0 Å². The maximum atomic E-state index is 6.45. The zero-order valence-corrected chi connectivity index (χ0v) is 35.5. The number of rotatable bonds is 7. The monoisotopic (exact) mass is 843 g/mol. The maximum Gasteiger partial charge on any atom is 0.167 e. The first-order chi connectivity index (χ1) is 32.7. The van der Waals surface area contributed by atoms with E-state index in [9.17, 15) is 0 Å². The number of furan rings is 1. The molecule has 0 radical (unpaired) electrons. The van der Waals surface area contributed by atoms with Crippen LogP contribution in [0.5, 0.6) is 0 Å². The Hall–Kier alpha value is -9.00. The van der Waals surface area contributed by atoms with Crippen molar-refractivity contribution in [1.82, 2.24) is 24.5 Å². The lowest BCUT2D eigenvalue weighted by molar-refractivity contribution is 0.667. The van der Waals surface area contributed by atoms with Crippen LogP contribution in [0.3, 0.4) is 0 Å². The van der Waals surface area contributed by atoms with Gasteiger partial charge in [-0.2, -0.15) is 0 Å². The second kappa shape index (κ2) is 15.4. The second-order valence-corrected chi connectivity index (χ2v) is 16.6. The van der Waals surface area contributed by atoms with Gasteiger partial charge >= 0.3 is 0 Å². The van der Waals surface area contributed by atoms with Crippen LogP contribution in [0.25, 0.3) is 128 Å². The van der Waals surface area contributed by atoms with Gasteiger partial charge < -0.3 is 8.98 Å². The van der Waals surface area contributed by atoms with Crippen LogP contribution in [0.15, 0.2) is 229 Å². The van der Waals surface area contributed by atoms with Crippen molar-refractivity contribution in [3.8, 4) is 73.2 Å². The molecule has 13 rings (SSSR count). The Morgan fingerprint density at radius 2 is 0.955 bits per heavy atom. The quantitative estimate of drug-likeness (QED) is 0.160. The topological polar surface area (TPSA) is 69.6 Å². The van der Waals surface area contributed by atoms with E-state index < -0.39 is 0 Å². The molecule has 0 spiro atoms. The Kier molecular flexibility index (Phi) is 8.74. The minimum atomic E-state index is 0.528. The van der Waals surface area contributed by atoms with Crippen molar-refractivity contribution in [1.29, 1.82) is 0 Å². The summed E-state index contributed by atoms with van der Waals surface area (Å²) in [6, 6.07) is 74.9. The highest BCUT2D eigenvalue weighted by atomic mass is 16.3. The van der Waals surface area contributed by atoms with Gasteiger partial charge in [0, 0.05) is 44.6 Å². The number of hydrogen-bond acceptors (Lipinski definition) is 5. The Balaban J connectivity index is 0.962. The highest BCUT2D eigenvalue weighted by Crippen LogP contribution is 2.40. The van der Waals surface area contributed by atoms with Crippen LogP contribution in [-0.2, 0) is 0 Å². The van der Waals surface area contributed by atoms with Gasteiger partial charge in [-0.25, -0.2) is 15.0 Å². The molecule has 4 aromatic heterocycles. The first-order valence-electron chi connectivity index (χ1n) is 22.1. The van der Waals surface area contributed by atoms with Gasteiger partial charge in [0.05, 0.1) is 22.8 Å². The van der Waals surface area contributed by atoms with E-state index in [-0.39, 0.29) is 0 Å². The molecule has 4 heterocycles. The van der Waals surface area contributed by atoms with Gasteiger partial charge in [-0.3, -0.25) is 4.98 Å². The number of benzene rings is 9. The largest absolute Gasteiger partial charge is 0.454 e. The number of fused-ring (bicyclic) bond motifs is 8. The summed E-state index contributed by atoms with van der Waals surface area (Å²) >= 11 is 0. The highest BCUT2D eigenvalue weighted by molar-refractivity contribution is 6.21. The van der Waals surface area contributed by atoms with Crippen LogP contribution in [-0.4, -0.2) is 24.5 Å². The summed E-state index contributed by atoms with van der Waals surface area (Å²) in [6.45, 7) is 0. The molecule has 0 saturated heterocycles. The molecule has 6 nitrogen and oxygen atoms in total. The van der Waals surface area contributed by atoms with Crippen molar-refractivity contribution < 1.29 is 4.42 Å². The number of nitrogens with zero attached hydrogens (tertiary/aromatic N) is 5. The third-order valence-corrected chi connectivity index (χ3v) is 12.8. The number of hydrogen-bond donors (Lipinski definition) is 0. The van der Waals surface area contributed by atoms with Crippen LogP contribution in [0.1, 0.15) is 0 Å². The van der Waals surface area contributed by atoms with Crippen LogP contribution in [0.4, 0.5) is 0 Å². The molecule has 0 fully saturated rings. The van der Waals surface area contributed by atoms with E-state index in [0.717, 1.165) is 60.9 Å². The van der Waals surface area contributed by atoms with Gasteiger partial charge in [-0.1, -0.05) is 158 Å². The van der Waals surface area contributed by atoms with E-state index in [1.54, 1.807) is 12.4 Å². The summed E-state index contributed by atoms with van der Waals surface area (Å²) in [7, 11) is 0. The van der Waals surface area contributed by atoms with Gasteiger partial charge in [0.1, 0.15) is 5.58 Å². The smallest absolute Gasteiger partial charge is 0.167 e. The average molecular weight is 844 g/mol. The molecule has 66 heavy (non-hydrogen) atoms. The summed E-state index contributed by atoms with van der Waals surface area (Å²) in [4.78, 5) is 19.9. The normalized spacial score (nSPS) is 11.6. The van der Waals surface area contributed by atoms with Gasteiger partial charge in [0.15, 0.2) is 23.1 Å². The molecule has 0 saturated carbocycles. The number of pyridine rings is 1. The van der Waals surface area contributed by atoms with E-state index in [4.69, 9.17) is 19.4 Å². The van der Waals surface area contributed by atoms with Gasteiger partial charge in [-0.15, -0.1) is 0 Å². The SMILES string of the molecule is c1ccc(-c2ccc(-c3ccc4c5c6ccccc6ccc5n(-c5ccc(-c6nc(-c7cccc(-c8ccccc8)c7)nc(-c7cccc8c7oc7cnccc78)n6)cc5)c4c3)cc2)cc1. The van der Waals surface area contributed by atoms with Crippen molar-refractivity contribution >= 4 is 54.5 Å². The average Bonchev–Trinajstić information content (AvgIpc) is 3.95. The van der Waals surface area contributed by atoms with Crippen molar-refractivity contribution in [2.75, 3.05) is 0 Å². The first kappa shape index (κ1) is 37.5. The first-order valence-corrected chi connectivity index (χ1v) is 22.1. The molecular weight excluding hydrogens is 807 g/mol. The third kappa shape index (κ3) is 6.34. The highest BCUT2D eigenvalue weighted by Gasteiger charge is 2.20. The van der Waals surface area contributed by atoms with Crippen LogP contribution < -0.4 is 0 Å². The Labute approximate surface area is 379 Å². The Morgan fingerprint density at radius 3 is 1.76 bits per heavy atom. The van der Waals surface area contributed by atoms with Crippen molar-refractivity contribution in [3.63, 3.8) is 0 Å². The van der Waals surface area contributed by atoms with E-state index in [1.807, 2.05) is 24.3 Å². The fraction of sp³-hybridized carbons (Fsp3) is 0. The molecule has 0 atom stereocenters. The zero-order chi connectivity index (χ0) is 43.6. The summed E-state index contributed by atoms with van der Waals surface area (Å²) in [5.74, 6) is 1.67. The third-order valence-electron chi connectivity index (χ3n) is 12.8. The minimum Gasteiger partial charge on any atom is -0.454 e. The zero-order valence-electron chi connectivity index (χ0n) is 35.5. The van der Waals surface area contributed by atoms with Crippen LogP contribution in [0, 0.1) is 0 Å². The standard InChI is InChI=1S/C60H37N5O/c1-3-11-38(12-4-1)40-21-23-41(24-22-40)45-27-31-51-54(36-45)65(53-32-28-42-15-7-8-18-48(42)56(51)53)47-29-25-43(26-30-47)58-62-59(46-17-9-16-44(35-46)39-13-5-2-6-14-39)64-60(63-58)52-20-10-19-50-49-33-34-61-37-55(49)66-57(50)52/h1-37H. The van der Waals surface area contributed by atoms with Crippen molar-refractivity contribution in [2.24, 2.45) is 0 Å². The van der Waals surface area contributed by atoms with Gasteiger partial charge in [0.2, 0.25) is 0 Å². The molecule has 0 aliphatic heterocycles. The molecule has 6 heteroatoms. The van der Waals surface area contributed by atoms with Gasteiger partial charge in [0.25, 0.3) is 0 Å². The van der Waals surface area contributed by atoms with Gasteiger partial charge in [-0.05, 0) is 98.8 Å². The Morgan fingerprint density at radius 1 is 0.364 bits per heavy atom. The molecule has 0 N–H and O–H groups in total. The van der Waals surface area contributed by atoms with Crippen molar-refractivity contribution in [3.05, 3.63) is 225 Å². The van der Waals surface area contributed by atoms with E-state index in [1.165, 1.54) is 38.2 Å². The molecule has 9 aromatic carbocycles. The van der Waals surface area contributed by atoms with E-state index in [2.05, 4.69) is 198 Å². The second-order valence-electron chi connectivity index (χ2n) is 16.6. The van der Waals surface area contributed by atoms with E-state index >= 15 is 0 Å². The van der Waals surface area contributed by atoms with Crippen LogP contribution >= 0.6 is 0 Å². The molecule has 0 amide bonds. The molecular formula is C60H37N5O. The fourth-order valence-electron chi connectivity index (χ4n) is 9.54. The lowest BCUT2D eigenvalue weighted by Gasteiger charge is -2.12. The lowest BCUT2D eigenvalue weighted by Crippen LogP contribution is -2.01. The minimum absolute atomic E-state index is 0.528. The lowest BCUT2D eigenvalue weighted by atomic mass is 9.99. The Bertz CT molecular complexity index is 3970. The maximum absolute atomic E-state index is 6.45. The number of para-hydroxylation sites is 1. The predicted octanol–water partition coefficient (Wildman–Crippen LogP) is 15.4. The fourth-order valence-corrected chi connectivity index (χ4v) is 9.54. The summed E-state index contributed by atoms with van der Waals surface area (Å²) < 4.78 is 8.84. The molecule has 308 valence electrons. The summed E-state index contributed by atoms with van der Waals surface area (Å²) in [5.41, 5.74) is 14.2. The molecule has 0 unspecified atom stereocenters. The predicted molar refractivity (Wildman–Crippen MR) is 269 cm³/mol. The molecule has 0 bridgehead atoms.